The van der Waals surface area contributed by atoms with Crippen molar-refractivity contribution in [2.24, 2.45) is 0 Å². The van der Waals surface area contributed by atoms with Crippen LogP contribution in [0.4, 0.5) is 0 Å². The summed E-state index contributed by atoms with van der Waals surface area (Å²) in [7, 11) is -16.7. The highest BCUT2D eigenvalue weighted by Crippen LogP contribution is 2.44. The predicted molar refractivity (Wildman–Crippen MR) is 359 cm³/mol. The molecule has 0 saturated carbocycles. The molecule has 0 aliphatic rings. The van der Waals surface area contributed by atoms with E-state index in [-0.39, 0.29) is 0 Å². The number of hydrogen-bond acceptors (Lipinski definition) is 0. The first-order valence-corrected chi connectivity index (χ1v) is 46.6. The van der Waals surface area contributed by atoms with Gasteiger partial charge in [0.15, 0.2) is 0 Å². The molecule has 0 nitrogen and oxygen atoms in total. The van der Waals surface area contributed by atoms with Crippen LogP contribution in [-0.4, -0.2) is 42.2 Å². The lowest BCUT2D eigenvalue weighted by molar-refractivity contribution is 1.68. The second kappa shape index (κ2) is 22.9. The Labute approximate surface area is 486 Å². The molecule has 0 unspecified atom stereocenters. The van der Waals surface area contributed by atoms with Gasteiger partial charge in [0.1, 0.15) is 28.4 Å². The summed E-state index contributed by atoms with van der Waals surface area (Å²) in [5, 5.41) is 15.6. The zero-order valence-corrected chi connectivity index (χ0v) is 51.9. The van der Waals surface area contributed by atoms with Crippen LogP contribution in [0.25, 0.3) is 0 Å². The van der Waals surface area contributed by atoms with Gasteiger partial charge >= 0.3 is 0 Å². The molecule has 0 N–H and O–H groups in total. The Morgan fingerprint density at radius 1 is 0.125 bits per heavy atom. The van der Waals surface area contributed by atoms with Crippen molar-refractivity contribution in [3.63, 3.8) is 0 Å². The van der Waals surface area contributed by atoms with Crippen LogP contribution < -0.4 is 62.2 Å². The van der Waals surface area contributed by atoms with Crippen molar-refractivity contribution in [1.29, 1.82) is 0 Å². The Morgan fingerprint density at radius 2 is 0.225 bits per heavy atom. The first-order valence-electron chi connectivity index (χ1n) is 27.6. The average molecular weight is 1160 g/mol. The fraction of sp³-hybridized carbons (Fsp3) is 0. The minimum atomic E-state index is -4.23. The Hall–Kier alpha value is -7.48. The Morgan fingerprint density at radius 3 is 0.350 bits per heavy atom. The maximum atomic E-state index is 10.2. The molecule has 12 aromatic rings. The van der Waals surface area contributed by atoms with Crippen LogP contribution >= 0.6 is 22.2 Å². The van der Waals surface area contributed by atoms with Crippen LogP contribution in [0.1, 0.15) is 0 Å². The normalized spacial score (nSPS) is 12.4. The fourth-order valence-electron chi connectivity index (χ4n) is 14.5. The molecule has 0 aliphatic heterocycles. The van der Waals surface area contributed by atoms with E-state index in [0.717, 1.165) is 0 Å². The molecule has 12 aromatic carbocycles. The molecule has 0 heterocycles. The lowest BCUT2D eigenvalue weighted by Gasteiger charge is -2.68. The van der Waals surface area contributed by atoms with Gasteiger partial charge in [-0.15, -0.1) is 0 Å². The fourth-order valence-corrected chi connectivity index (χ4v) is 172. The van der Waals surface area contributed by atoms with E-state index < -0.39 is 42.2 Å². The van der Waals surface area contributed by atoms with Crippen LogP contribution in [0.15, 0.2) is 364 Å². The molecule has 0 atom stereocenters. The van der Waals surface area contributed by atoms with E-state index in [1.807, 2.05) is 0 Å². The summed E-state index contributed by atoms with van der Waals surface area (Å²) in [5.41, 5.74) is 0. The van der Waals surface area contributed by atoms with Gasteiger partial charge in [-0.05, 0) is 20.7 Å². The van der Waals surface area contributed by atoms with Crippen LogP contribution in [-0.2, 0) is 0 Å². The van der Waals surface area contributed by atoms with Gasteiger partial charge in [-0.1, -0.05) is 405 Å². The maximum Gasteiger partial charge on any atom is 0.214 e. The van der Waals surface area contributed by atoms with E-state index in [1.165, 1.54) is 62.2 Å². The summed E-state index contributed by atoms with van der Waals surface area (Å²) in [6.07, 6.45) is 0. The van der Waals surface area contributed by atoms with E-state index in [0.29, 0.717) is 0 Å². The lowest BCUT2D eigenvalue weighted by atomic mass is 10.4. The monoisotopic (exact) mass is 1160 g/mol. The van der Waals surface area contributed by atoms with Crippen molar-refractivity contribution in [3.05, 3.63) is 364 Å². The van der Waals surface area contributed by atoms with Crippen LogP contribution in [0.3, 0.4) is 0 Å². The molecule has 0 spiro atoms. The van der Waals surface area contributed by atoms with Crippen molar-refractivity contribution < 1.29 is 0 Å². The number of benzene rings is 12. The molecule has 0 bridgehead atoms. The molecule has 0 aromatic heterocycles. The van der Waals surface area contributed by atoms with E-state index >= 15 is 0 Å². The van der Waals surface area contributed by atoms with Crippen LogP contribution in [0.2, 0.25) is 0 Å². The molecule has 386 valence electrons. The second-order valence-electron chi connectivity index (χ2n) is 20.7. The molecule has 0 fully saturated rings. The van der Waals surface area contributed by atoms with Gasteiger partial charge in [-0.2, -0.15) is 22.2 Å². The molecule has 8 heteroatoms. The summed E-state index contributed by atoms with van der Waals surface area (Å²) in [6, 6.07) is 141. The molecule has 0 amide bonds. The van der Waals surface area contributed by atoms with Gasteiger partial charge in [0.2, 0.25) is 13.8 Å². The molecule has 0 saturated heterocycles. The summed E-state index contributed by atoms with van der Waals surface area (Å²) >= 11 is 20.4. The SMILES string of the molecule is Cl[Si](c1ccccc1)(c1ccccc1)[Si](c1ccccc1)(c1ccccc1)[Si](c1ccccc1)(c1ccccc1)[Si](c1ccccc1)(c1ccccc1)[Si](c1ccccc1)(c1ccccc1)[Si](Cl)(c1ccccc1)c1ccccc1. The highest BCUT2D eigenvalue weighted by molar-refractivity contribution is 8.15. The van der Waals surface area contributed by atoms with Gasteiger partial charge in [0.25, 0.3) is 0 Å². The van der Waals surface area contributed by atoms with Gasteiger partial charge in [0, 0.05) is 0 Å². The minimum absolute atomic E-state index is 1.20. The van der Waals surface area contributed by atoms with Crippen molar-refractivity contribution in [2.75, 3.05) is 0 Å². The minimum Gasteiger partial charge on any atom is -0.158 e. The number of rotatable bonds is 17. The van der Waals surface area contributed by atoms with E-state index in [4.69, 9.17) is 0 Å². The summed E-state index contributed by atoms with van der Waals surface area (Å²) in [5.74, 6) is 0. The third-order valence-electron chi connectivity index (χ3n) is 17.1. The molecule has 0 aliphatic carbocycles. The predicted octanol–water partition coefficient (Wildman–Crippen LogP) is 9.43. The molecule has 12 rings (SSSR count). The van der Waals surface area contributed by atoms with Crippen molar-refractivity contribution in [3.8, 4) is 0 Å². The van der Waals surface area contributed by atoms with Crippen molar-refractivity contribution in [2.45, 2.75) is 0 Å². The van der Waals surface area contributed by atoms with Gasteiger partial charge in [0.05, 0.1) is 0 Å². The quantitative estimate of drug-likeness (QED) is 0.0631. The highest BCUT2D eigenvalue weighted by Gasteiger charge is 2.86. The number of halogens is 2. The molecule has 0 radical (unpaired) electrons. The summed E-state index contributed by atoms with van der Waals surface area (Å²) < 4.78 is 0. The molecular formula is C72H60Cl2Si6. The van der Waals surface area contributed by atoms with Gasteiger partial charge in [-0.3, -0.25) is 0 Å². The first kappa shape index (κ1) is 53.2. The zero-order chi connectivity index (χ0) is 54.4. The highest BCUT2D eigenvalue weighted by atomic mass is 35.6. The van der Waals surface area contributed by atoms with Crippen molar-refractivity contribution >= 4 is 127 Å². The third kappa shape index (κ3) is 8.07. The smallest absolute Gasteiger partial charge is 0.158 e. The Bertz CT molecular complexity index is 3380. The first-order chi connectivity index (χ1) is 39.5. The van der Waals surface area contributed by atoms with Crippen LogP contribution in [0, 0.1) is 0 Å². The summed E-state index contributed by atoms with van der Waals surface area (Å²) in [4.78, 5) is 0. The molecular weight excluding hydrogens is 1100 g/mol. The Balaban J connectivity index is 1.56. The standard InChI is InChI=1S/C72H60Cl2Si6/c73-75(61-37-13-1-14-38-61,62-39-15-2-16-40-62)77(65-45-21-5-22-46-65,66-47-23-6-24-48-66)79(69-53-29-9-30-54-69,70-55-31-10-32-56-70)80(71-57-33-11-34-58-71,72-59-35-12-36-60-72)78(67-49-25-7-26-50-67,68-51-27-8-28-52-68)76(74,63-41-17-3-18-42-63)64-43-19-4-20-44-64/h1-60H. The molecule has 80 heavy (non-hydrogen) atoms. The maximum absolute atomic E-state index is 10.2. The lowest BCUT2D eigenvalue weighted by Crippen LogP contribution is -3.14. The van der Waals surface area contributed by atoms with E-state index in [1.54, 1.807) is 0 Å². The van der Waals surface area contributed by atoms with E-state index in [2.05, 4.69) is 364 Å². The third-order valence-corrected chi connectivity index (χ3v) is 115. The van der Waals surface area contributed by atoms with Gasteiger partial charge < -0.3 is 0 Å². The Kier molecular flexibility index (Phi) is 15.2. The largest absolute Gasteiger partial charge is 0.214 e. The zero-order valence-electron chi connectivity index (χ0n) is 44.4. The summed E-state index contributed by atoms with van der Waals surface area (Å²) in [6.45, 7) is -7.87. The van der Waals surface area contributed by atoms with Crippen LogP contribution in [0.5, 0.6) is 0 Å². The van der Waals surface area contributed by atoms with E-state index in [9.17, 15) is 22.2 Å². The topological polar surface area (TPSA) is 0 Å². The number of hydrogen-bond donors (Lipinski definition) is 0. The average Bonchev–Trinajstić information content (AvgIpc) is 1.91. The second-order valence-corrected chi connectivity index (χ2v) is 70.1. The van der Waals surface area contributed by atoms with Crippen molar-refractivity contribution in [1.82, 2.24) is 0 Å². The van der Waals surface area contributed by atoms with Gasteiger partial charge in [-0.25, -0.2) is 0 Å².